The molecule has 10 heteroatoms. The van der Waals surface area contributed by atoms with Gasteiger partial charge >= 0.3 is 6.01 Å². The summed E-state index contributed by atoms with van der Waals surface area (Å²) >= 11 is 0. The number of nitrogen functional groups attached to an aromatic ring is 1. The molecule has 1 fully saturated rings. The zero-order valence-electron chi connectivity index (χ0n) is 18.1. The van der Waals surface area contributed by atoms with Gasteiger partial charge in [-0.05, 0) is 18.9 Å². The van der Waals surface area contributed by atoms with Gasteiger partial charge in [-0.15, -0.1) is 0 Å². The van der Waals surface area contributed by atoms with E-state index in [1.807, 2.05) is 0 Å². The molecule has 0 saturated carbocycles. The van der Waals surface area contributed by atoms with Gasteiger partial charge in [0, 0.05) is 25.2 Å². The average Bonchev–Trinajstić information content (AvgIpc) is 3.19. The number of nitrogens with two attached hydrogens (primary N) is 1. The molecule has 1 aliphatic rings. The van der Waals surface area contributed by atoms with Crippen molar-refractivity contribution in [2.45, 2.75) is 38.8 Å². The molecule has 0 aliphatic carbocycles. The first-order valence-corrected chi connectivity index (χ1v) is 10.9. The Kier molecular flexibility index (Phi) is 7.11. The predicted molar refractivity (Wildman–Crippen MR) is 116 cm³/mol. The number of morpholine rings is 1. The first kappa shape index (κ1) is 22.3. The molecule has 172 valence electrons. The van der Waals surface area contributed by atoms with Gasteiger partial charge < -0.3 is 19.8 Å². The third-order valence-electron chi connectivity index (χ3n) is 5.60. The fraction of sp³-hybridized carbons (Fsp3) is 0.500. The number of benzene rings is 1. The number of fused-ring (bicyclic) bond motifs is 1. The molecular formula is C22H28F2N6O2. The van der Waals surface area contributed by atoms with Crippen molar-refractivity contribution in [3.05, 3.63) is 41.7 Å². The summed E-state index contributed by atoms with van der Waals surface area (Å²) in [6, 6.07) is 4.24. The first-order chi connectivity index (χ1) is 15.5. The molecule has 3 heterocycles. The Morgan fingerprint density at radius 3 is 2.78 bits per heavy atom. The Bertz CT molecular complexity index is 1050. The van der Waals surface area contributed by atoms with Gasteiger partial charge in [0.05, 0.1) is 26.1 Å². The van der Waals surface area contributed by atoms with E-state index in [0.717, 1.165) is 58.2 Å². The van der Waals surface area contributed by atoms with E-state index in [1.165, 1.54) is 18.5 Å². The highest BCUT2D eigenvalue weighted by molar-refractivity contribution is 5.82. The maximum absolute atomic E-state index is 14.1. The predicted octanol–water partition coefficient (Wildman–Crippen LogP) is 3.00. The number of imidazole rings is 1. The molecule has 1 unspecified atom stereocenters. The normalized spacial score (nSPS) is 15.8. The smallest absolute Gasteiger partial charge is 0.320 e. The molecule has 1 aromatic carbocycles. The van der Waals surface area contributed by atoms with Crippen LogP contribution in [0.2, 0.25) is 0 Å². The number of rotatable bonds is 9. The highest BCUT2D eigenvalue weighted by Gasteiger charge is 2.19. The molecule has 1 atom stereocenters. The number of anilines is 1. The molecule has 4 rings (SSSR count). The van der Waals surface area contributed by atoms with Crippen LogP contribution in [-0.4, -0.2) is 63.4 Å². The van der Waals surface area contributed by atoms with Crippen molar-refractivity contribution in [1.82, 2.24) is 24.4 Å². The van der Waals surface area contributed by atoms with Gasteiger partial charge in [0.25, 0.3) is 0 Å². The van der Waals surface area contributed by atoms with Crippen LogP contribution in [0.3, 0.4) is 0 Å². The van der Waals surface area contributed by atoms with Gasteiger partial charge in [0.15, 0.2) is 28.6 Å². The molecule has 0 radical (unpaired) electrons. The van der Waals surface area contributed by atoms with Crippen LogP contribution in [0.5, 0.6) is 6.01 Å². The van der Waals surface area contributed by atoms with Crippen LogP contribution in [0.4, 0.5) is 14.6 Å². The van der Waals surface area contributed by atoms with Gasteiger partial charge in [-0.2, -0.15) is 9.97 Å². The fourth-order valence-electron chi connectivity index (χ4n) is 3.85. The highest BCUT2D eigenvalue weighted by Crippen LogP contribution is 2.23. The minimum atomic E-state index is -0.896. The number of aromatic nitrogens is 4. The van der Waals surface area contributed by atoms with Crippen LogP contribution in [0.25, 0.3) is 11.2 Å². The summed E-state index contributed by atoms with van der Waals surface area (Å²) in [7, 11) is 0. The lowest BCUT2D eigenvalue weighted by molar-refractivity contribution is 0.0307. The number of ether oxygens (including phenoxy) is 2. The molecule has 1 aliphatic heterocycles. The SMILES string of the molecule is CCCC(CCN1CCOCC1)Oc1nc(N)c2ncn(Cc3cccc(F)c3F)c2n1. The molecule has 32 heavy (non-hydrogen) atoms. The average molecular weight is 447 g/mol. The van der Waals surface area contributed by atoms with Crippen molar-refractivity contribution >= 4 is 17.0 Å². The Labute approximate surface area is 185 Å². The van der Waals surface area contributed by atoms with Crippen molar-refractivity contribution in [2.24, 2.45) is 0 Å². The van der Waals surface area contributed by atoms with E-state index in [2.05, 4.69) is 26.8 Å². The van der Waals surface area contributed by atoms with Gasteiger partial charge in [-0.25, -0.2) is 13.8 Å². The van der Waals surface area contributed by atoms with E-state index in [-0.39, 0.29) is 30.0 Å². The second-order valence-electron chi connectivity index (χ2n) is 7.92. The summed E-state index contributed by atoms with van der Waals surface area (Å²) in [5.74, 6) is -1.60. The van der Waals surface area contributed by atoms with Crippen molar-refractivity contribution in [1.29, 1.82) is 0 Å². The van der Waals surface area contributed by atoms with E-state index in [9.17, 15) is 8.78 Å². The monoisotopic (exact) mass is 446 g/mol. The van der Waals surface area contributed by atoms with E-state index < -0.39 is 11.6 Å². The number of nitrogens with zero attached hydrogens (tertiary/aromatic N) is 5. The molecule has 2 aromatic heterocycles. The molecule has 0 bridgehead atoms. The molecule has 0 amide bonds. The summed E-state index contributed by atoms with van der Waals surface area (Å²) in [6.07, 6.45) is 4.09. The second kappa shape index (κ2) is 10.2. The minimum absolute atomic E-state index is 0.0586. The Morgan fingerprint density at radius 2 is 2.00 bits per heavy atom. The molecular weight excluding hydrogens is 418 g/mol. The molecule has 8 nitrogen and oxygen atoms in total. The lowest BCUT2D eigenvalue weighted by Crippen LogP contribution is -2.38. The van der Waals surface area contributed by atoms with Gasteiger partial charge in [0.1, 0.15) is 6.10 Å². The molecule has 1 saturated heterocycles. The summed E-state index contributed by atoms with van der Waals surface area (Å²) < 4.78 is 40.9. The van der Waals surface area contributed by atoms with E-state index >= 15 is 0 Å². The van der Waals surface area contributed by atoms with Gasteiger partial charge in [-0.3, -0.25) is 4.90 Å². The highest BCUT2D eigenvalue weighted by atomic mass is 19.2. The van der Waals surface area contributed by atoms with Crippen LogP contribution >= 0.6 is 0 Å². The maximum atomic E-state index is 14.1. The standard InChI is InChI=1S/C22H28F2N6O2/c1-2-4-16(7-8-29-9-11-31-12-10-29)32-22-27-20(25)19-21(28-22)30(14-26-19)13-15-5-3-6-17(23)18(15)24/h3,5-6,14,16H,2,4,7-13H2,1H3,(H2,25,27,28). The van der Waals surface area contributed by atoms with Gasteiger partial charge in [0.2, 0.25) is 0 Å². The van der Waals surface area contributed by atoms with E-state index in [1.54, 1.807) is 4.57 Å². The van der Waals surface area contributed by atoms with Crippen LogP contribution in [0, 0.1) is 11.6 Å². The van der Waals surface area contributed by atoms with Crippen molar-refractivity contribution in [2.75, 3.05) is 38.6 Å². The zero-order chi connectivity index (χ0) is 22.5. The number of hydrogen-bond donors (Lipinski definition) is 1. The summed E-state index contributed by atoms with van der Waals surface area (Å²) in [4.78, 5) is 15.4. The first-order valence-electron chi connectivity index (χ1n) is 10.9. The Morgan fingerprint density at radius 1 is 1.19 bits per heavy atom. The van der Waals surface area contributed by atoms with Crippen LogP contribution in [0.15, 0.2) is 24.5 Å². The van der Waals surface area contributed by atoms with Crippen LogP contribution in [-0.2, 0) is 11.3 Å². The largest absolute Gasteiger partial charge is 0.460 e. The molecule has 0 spiro atoms. The van der Waals surface area contributed by atoms with Crippen LogP contribution in [0.1, 0.15) is 31.7 Å². The summed E-state index contributed by atoms with van der Waals surface area (Å²) in [5.41, 5.74) is 7.10. The zero-order valence-corrected chi connectivity index (χ0v) is 18.1. The third kappa shape index (κ3) is 5.13. The summed E-state index contributed by atoms with van der Waals surface area (Å²) in [6.45, 7) is 6.42. The lowest BCUT2D eigenvalue weighted by Gasteiger charge is -2.28. The minimum Gasteiger partial charge on any atom is -0.460 e. The molecule has 3 aromatic rings. The fourth-order valence-corrected chi connectivity index (χ4v) is 3.85. The lowest BCUT2D eigenvalue weighted by atomic mass is 10.1. The maximum Gasteiger partial charge on any atom is 0.320 e. The van der Waals surface area contributed by atoms with Crippen LogP contribution < -0.4 is 10.5 Å². The number of halogens is 2. The van der Waals surface area contributed by atoms with Gasteiger partial charge in [-0.1, -0.05) is 25.5 Å². The number of hydrogen-bond acceptors (Lipinski definition) is 7. The van der Waals surface area contributed by atoms with Crippen molar-refractivity contribution in [3.63, 3.8) is 0 Å². The van der Waals surface area contributed by atoms with Crippen molar-refractivity contribution < 1.29 is 18.3 Å². The third-order valence-corrected chi connectivity index (χ3v) is 5.60. The topological polar surface area (TPSA) is 91.3 Å². The second-order valence-corrected chi connectivity index (χ2v) is 7.92. The Hall–Kier alpha value is -2.85. The molecule has 2 N–H and O–H groups in total. The van der Waals surface area contributed by atoms with Crippen molar-refractivity contribution in [3.8, 4) is 6.01 Å². The quantitative estimate of drug-likeness (QED) is 0.540. The Balaban J connectivity index is 1.52. The van der Waals surface area contributed by atoms with E-state index in [4.69, 9.17) is 15.2 Å². The van der Waals surface area contributed by atoms with E-state index in [0.29, 0.717) is 11.2 Å². The summed E-state index contributed by atoms with van der Waals surface area (Å²) in [5, 5.41) is 0.